The summed E-state index contributed by atoms with van der Waals surface area (Å²) in [5.74, 6) is -0.607. The maximum Gasteiger partial charge on any atom is 0.328 e. The topological polar surface area (TPSA) is 79.5 Å². The first-order valence-corrected chi connectivity index (χ1v) is 5.97. The van der Waals surface area contributed by atoms with E-state index in [-0.39, 0.29) is 5.91 Å². The quantitative estimate of drug-likeness (QED) is 0.818. The van der Waals surface area contributed by atoms with Gasteiger partial charge in [0.05, 0.1) is 12.8 Å². The summed E-state index contributed by atoms with van der Waals surface area (Å²) in [5, 5.41) is 11.3. The Balaban J connectivity index is 2.02. The molecule has 0 aliphatic rings. The fraction of sp³-hybridized carbons (Fsp3) is 0.0667. The molecule has 0 unspecified atom stereocenters. The van der Waals surface area contributed by atoms with Gasteiger partial charge in [-0.1, -0.05) is 12.1 Å². The highest BCUT2D eigenvalue weighted by molar-refractivity contribution is 5.95. The molecule has 0 aliphatic heterocycles. The van der Waals surface area contributed by atoms with E-state index >= 15 is 0 Å². The second-order valence-corrected chi connectivity index (χ2v) is 4.06. The zero-order chi connectivity index (χ0) is 14.4. The fourth-order valence-electron chi connectivity index (χ4n) is 1.63. The van der Waals surface area contributed by atoms with Crippen LogP contribution in [0.25, 0.3) is 6.08 Å². The Bertz CT molecular complexity index is 629. The second-order valence-electron chi connectivity index (χ2n) is 4.06. The molecule has 102 valence electrons. The largest absolute Gasteiger partial charge is 0.478 e. The third kappa shape index (κ3) is 3.84. The fourth-order valence-corrected chi connectivity index (χ4v) is 1.63. The molecule has 5 nitrogen and oxygen atoms in total. The molecule has 20 heavy (non-hydrogen) atoms. The number of carbonyl (C=O) groups excluding carboxylic acids is 1. The minimum atomic E-state index is -1.03. The Morgan fingerprint density at radius 2 is 2.10 bits per heavy atom. The number of carboxylic acid groups (broad SMARTS) is 1. The molecular weight excluding hydrogens is 258 g/mol. The maximum atomic E-state index is 11.9. The van der Waals surface area contributed by atoms with Crippen LogP contribution in [0.2, 0.25) is 0 Å². The van der Waals surface area contributed by atoms with Gasteiger partial charge >= 0.3 is 5.97 Å². The molecule has 2 N–H and O–H groups in total. The van der Waals surface area contributed by atoms with Crippen LogP contribution in [0.5, 0.6) is 0 Å². The molecule has 0 atom stereocenters. The van der Waals surface area contributed by atoms with Crippen LogP contribution < -0.4 is 5.32 Å². The number of amides is 1. The summed E-state index contributed by atoms with van der Waals surface area (Å²) < 4.78 is 5.12. The van der Waals surface area contributed by atoms with Gasteiger partial charge in [-0.3, -0.25) is 4.79 Å². The zero-order valence-corrected chi connectivity index (χ0v) is 10.6. The molecule has 0 saturated carbocycles. The van der Waals surface area contributed by atoms with E-state index in [2.05, 4.69) is 5.32 Å². The summed E-state index contributed by atoms with van der Waals surface area (Å²) in [5.41, 5.74) is 1.11. The number of benzene rings is 1. The van der Waals surface area contributed by atoms with Crippen molar-refractivity contribution in [1.29, 1.82) is 0 Å². The van der Waals surface area contributed by atoms with Gasteiger partial charge in [-0.25, -0.2) is 4.79 Å². The van der Waals surface area contributed by atoms with Crippen LogP contribution in [0.1, 0.15) is 21.7 Å². The molecule has 0 fully saturated rings. The Morgan fingerprint density at radius 3 is 2.80 bits per heavy atom. The van der Waals surface area contributed by atoms with Gasteiger partial charge in [-0.05, 0) is 35.9 Å². The van der Waals surface area contributed by atoms with Crippen molar-refractivity contribution in [2.24, 2.45) is 0 Å². The van der Waals surface area contributed by atoms with Crippen molar-refractivity contribution in [3.8, 4) is 0 Å². The van der Waals surface area contributed by atoms with E-state index in [1.165, 1.54) is 6.08 Å². The highest BCUT2D eigenvalue weighted by Crippen LogP contribution is 2.08. The van der Waals surface area contributed by atoms with Crippen LogP contribution >= 0.6 is 0 Å². The zero-order valence-electron chi connectivity index (χ0n) is 10.6. The number of hydrogen-bond acceptors (Lipinski definition) is 3. The van der Waals surface area contributed by atoms with Gasteiger partial charge in [0.25, 0.3) is 5.91 Å². The van der Waals surface area contributed by atoms with Crippen molar-refractivity contribution in [2.45, 2.75) is 6.54 Å². The van der Waals surface area contributed by atoms with E-state index in [4.69, 9.17) is 9.52 Å². The average Bonchev–Trinajstić information content (AvgIpc) is 2.96. The monoisotopic (exact) mass is 271 g/mol. The van der Waals surface area contributed by atoms with Gasteiger partial charge in [0.1, 0.15) is 5.76 Å². The lowest BCUT2D eigenvalue weighted by Crippen LogP contribution is -2.22. The van der Waals surface area contributed by atoms with E-state index in [1.54, 1.807) is 42.7 Å². The first-order valence-electron chi connectivity index (χ1n) is 5.97. The lowest BCUT2D eigenvalue weighted by Gasteiger charge is -2.04. The lowest BCUT2D eigenvalue weighted by atomic mass is 10.1. The van der Waals surface area contributed by atoms with Crippen molar-refractivity contribution in [3.05, 3.63) is 65.6 Å². The molecule has 0 spiro atoms. The Kier molecular flexibility index (Phi) is 4.34. The van der Waals surface area contributed by atoms with Crippen LogP contribution in [0, 0.1) is 0 Å². The van der Waals surface area contributed by atoms with Gasteiger partial charge in [-0.15, -0.1) is 0 Å². The van der Waals surface area contributed by atoms with Crippen LogP contribution in [0.3, 0.4) is 0 Å². The summed E-state index contributed by atoms with van der Waals surface area (Å²) in [7, 11) is 0. The van der Waals surface area contributed by atoms with Gasteiger partial charge in [0, 0.05) is 11.6 Å². The van der Waals surface area contributed by atoms with E-state index in [0.29, 0.717) is 23.4 Å². The van der Waals surface area contributed by atoms with Crippen LogP contribution in [-0.4, -0.2) is 17.0 Å². The number of furan rings is 1. The number of rotatable bonds is 5. The smallest absolute Gasteiger partial charge is 0.328 e. The first-order chi connectivity index (χ1) is 9.65. The molecule has 0 radical (unpaired) electrons. The summed E-state index contributed by atoms with van der Waals surface area (Å²) in [6, 6.07) is 10.2. The van der Waals surface area contributed by atoms with E-state index in [1.807, 2.05) is 0 Å². The van der Waals surface area contributed by atoms with E-state index < -0.39 is 5.97 Å². The van der Waals surface area contributed by atoms with Crippen molar-refractivity contribution < 1.29 is 19.1 Å². The minimum Gasteiger partial charge on any atom is -0.478 e. The normalized spacial score (nSPS) is 10.6. The molecule has 1 aromatic carbocycles. The third-order valence-corrected chi connectivity index (χ3v) is 2.57. The van der Waals surface area contributed by atoms with Gasteiger partial charge < -0.3 is 14.8 Å². The Hall–Kier alpha value is -2.82. The summed E-state index contributed by atoms with van der Waals surface area (Å²) >= 11 is 0. The van der Waals surface area contributed by atoms with Crippen LogP contribution in [-0.2, 0) is 11.3 Å². The molecule has 0 aliphatic carbocycles. The predicted molar refractivity (Wildman–Crippen MR) is 73.0 cm³/mol. The first kappa shape index (κ1) is 13.6. The van der Waals surface area contributed by atoms with Crippen LogP contribution in [0.4, 0.5) is 0 Å². The number of carbonyl (C=O) groups is 2. The minimum absolute atomic E-state index is 0.244. The average molecular weight is 271 g/mol. The number of carboxylic acids is 1. The summed E-state index contributed by atoms with van der Waals surface area (Å²) in [6.07, 6.45) is 4.00. The Labute approximate surface area is 115 Å². The van der Waals surface area contributed by atoms with Gasteiger partial charge in [0.2, 0.25) is 0 Å². The molecule has 5 heteroatoms. The van der Waals surface area contributed by atoms with Gasteiger partial charge in [0.15, 0.2) is 0 Å². The summed E-state index contributed by atoms with van der Waals surface area (Å²) in [4.78, 5) is 22.4. The SMILES string of the molecule is O=C(O)C=Cc1cccc(C(=O)NCc2ccco2)c1. The van der Waals surface area contributed by atoms with E-state index in [9.17, 15) is 9.59 Å². The third-order valence-electron chi connectivity index (χ3n) is 2.57. The summed E-state index contributed by atoms with van der Waals surface area (Å²) in [6.45, 7) is 0.307. The predicted octanol–water partition coefficient (Wildman–Crippen LogP) is 2.31. The maximum absolute atomic E-state index is 11.9. The van der Waals surface area contributed by atoms with Crippen molar-refractivity contribution in [1.82, 2.24) is 5.32 Å². The van der Waals surface area contributed by atoms with Crippen LogP contribution in [0.15, 0.2) is 53.2 Å². The molecule has 0 saturated heterocycles. The Morgan fingerprint density at radius 1 is 1.25 bits per heavy atom. The molecule has 2 rings (SSSR count). The van der Waals surface area contributed by atoms with Gasteiger partial charge in [-0.2, -0.15) is 0 Å². The second kappa shape index (κ2) is 6.38. The number of hydrogen-bond donors (Lipinski definition) is 2. The molecule has 1 amide bonds. The highest BCUT2D eigenvalue weighted by Gasteiger charge is 2.06. The molecule has 1 heterocycles. The molecule has 1 aromatic heterocycles. The van der Waals surface area contributed by atoms with E-state index in [0.717, 1.165) is 6.08 Å². The molecule has 0 bridgehead atoms. The lowest BCUT2D eigenvalue weighted by molar-refractivity contribution is -0.131. The standard InChI is InChI=1S/C15H13NO4/c17-14(18)7-6-11-3-1-4-12(9-11)15(19)16-10-13-5-2-8-20-13/h1-9H,10H2,(H,16,19)(H,17,18). The van der Waals surface area contributed by atoms with Crippen molar-refractivity contribution in [3.63, 3.8) is 0 Å². The van der Waals surface area contributed by atoms with Crippen molar-refractivity contribution in [2.75, 3.05) is 0 Å². The number of nitrogens with one attached hydrogen (secondary N) is 1. The highest BCUT2D eigenvalue weighted by atomic mass is 16.4. The molecular formula is C15H13NO4. The number of aliphatic carboxylic acids is 1. The van der Waals surface area contributed by atoms with Crippen molar-refractivity contribution >= 4 is 18.0 Å². The molecule has 2 aromatic rings.